The molecule has 0 aromatic carbocycles. The van der Waals surface area contributed by atoms with Gasteiger partial charge in [0.2, 0.25) is 0 Å². The minimum atomic E-state index is -1.19. The second kappa shape index (κ2) is 7.84. The summed E-state index contributed by atoms with van der Waals surface area (Å²) in [4.78, 5) is 23.1. The number of aromatic nitrogens is 4. The van der Waals surface area contributed by atoms with E-state index in [0.29, 0.717) is 11.2 Å². The smallest absolute Gasteiger partial charge is 0.303 e. The first-order valence-corrected chi connectivity index (χ1v) is 7.30. The second-order valence-corrected chi connectivity index (χ2v) is 5.12. The number of aliphatic hydroxyl groups excluding tert-OH is 2. The van der Waals surface area contributed by atoms with Crippen molar-refractivity contribution in [3.8, 4) is 6.07 Å². The summed E-state index contributed by atoms with van der Waals surface area (Å²) < 4.78 is 12.1. The summed E-state index contributed by atoms with van der Waals surface area (Å²) in [7, 11) is 0. The molecule has 134 valence electrons. The van der Waals surface area contributed by atoms with Crippen LogP contribution in [0.1, 0.15) is 20.1 Å². The number of nitrogens with two attached hydrogens (primary N) is 1. The van der Waals surface area contributed by atoms with E-state index in [0.717, 1.165) is 0 Å². The maximum atomic E-state index is 11.1. The molecule has 1 fully saturated rings. The highest BCUT2D eigenvalue weighted by Gasteiger charge is 2.47. The summed E-state index contributed by atoms with van der Waals surface area (Å²) in [6.45, 7) is 2.24. The fraction of sp³-hybridized carbons (Fsp3) is 0.500. The number of nitriles is 1. The van der Waals surface area contributed by atoms with E-state index in [-0.39, 0.29) is 5.82 Å². The molecule has 4 N–H and O–H groups in total. The van der Waals surface area contributed by atoms with Gasteiger partial charge in [0.05, 0.1) is 19.0 Å². The lowest BCUT2D eigenvalue weighted by molar-refractivity contribution is -0.153. The number of anilines is 1. The molecule has 1 saturated heterocycles. The minimum absolute atomic E-state index is 0.200. The highest BCUT2D eigenvalue weighted by atomic mass is 16.6. The number of esters is 1. The lowest BCUT2D eigenvalue weighted by Crippen LogP contribution is -2.37. The van der Waals surface area contributed by atoms with Gasteiger partial charge in [-0.25, -0.2) is 15.0 Å². The van der Waals surface area contributed by atoms with Crippen molar-refractivity contribution in [1.82, 2.24) is 19.5 Å². The van der Waals surface area contributed by atoms with Gasteiger partial charge in [0.1, 0.15) is 24.1 Å². The molecule has 0 spiro atoms. The summed E-state index contributed by atoms with van der Waals surface area (Å²) in [5, 5.41) is 27.0. The van der Waals surface area contributed by atoms with Crippen molar-refractivity contribution in [1.29, 1.82) is 5.26 Å². The predicted octanol–water partition coefficient (Wildman–Crippen LogP) is -0.879. The van der Waals surface area contributed by atoms with Crippen molar-refractivity contribution in [2.45, 2.75) is 38.4 Å². The Morgan fingerprint density at radius 2 is 2.20 bits per heavy atom. The molecule has 2 aromatic rings. The monoisotopic (exact) mass is 350 g/mol. The summed E-state index contributed by atoms with van der Waals surface area (Å²) >= 11 is 0. The molecule has 25 heavy (non-hydrogen) atoms. The Balaban J connectivity index is 0.000000701. The van der Waals surface area contributed by atoms with E-state index < -0.39 is 37.1 Å². The molecule has 0 aliphatic carbocycles. The Labute approximate surface area is 142 Å². The number of nitrogen functional groups attached to an aromatic ring is 1. The number of hydrogen-bond donors (Lipinski definition) is 3. The van der Waals surface area contributed by atoms with Crippen LogP contribution >= 0.6 is 0 Å². The van der Waals surface area contributed by atoms with Crippen molar-refractivity contribution in [3.05, 3.63) is 12.7 Å². The molecule has 4 atom stereocenters. The normalized spacial score (nSPS) is 25.1. The minimum Gasteiger partial charge on any atom is -0.457 e. The van der Waals surface area contributed by atoms with Crippen LogP contribution in [0, 0.1) is 11.3 Å². The first-order valence-electron chi connectivity index (χ1n) is 7.30. The van der Waals surface area contributed by atoms with Crippen LogP contribution in [0.3, 0.4) is 0 Å². The Bertz CT molecular complexity index is 788. The molecule has 0 radical (unpaired) electrons. The largest absolute Gasteiger partial charge is 0.457 e. The van der Waals surface area contributed by atoms with E-state index in [9.17, 15) is 15.0 Å². The molecule has 0 unspecified atom stereocenters. The van der Waals surface area contributed by atoms with E-state index >= 15 is 0 Å². The molecule has 0 amide bonds. The fourth-order valence-electron chi connectivity index (χ4n) is 2.49. The predicted molar refractivity (Wildman–Crippen MR) is 83.6 cm³/mol. The van der Waals surface area contributed by atoms with Crippen molar-refractivity contribution < 1.29 is 24.5 Å². The van der Waals surface area contributed by atoms with Crippen molar-refractivity contribution in [3.63, 3.8) is 0 Å². The second-order valence-electron chi connectivity index (χ2n) is 5.12. The molecular formula is C14H18N6O5. The van der Waals surface area contributed by atoms with Crippen LogP contribution in [0.25, 0.3) is 11.2 Å². The quantitative estimate of drug-likeness (QED) is 0.591. The SMILES string of the molecule is CC#N.CC(=O)O[C@H]1[C@@H](O)[C@H](n2cnc3c(N)ncnc32)O[C@@H]1CO. The lowest BCUT2D eigenvalue weighted by Gasteiger charge is -2.19. The Morgan fingerprint density at radius 3 is 2.80 bits per heavy atom. The zero-order valence-corrected chi connectivity index (χ0v) is 13.6. The molecule has 1 aliphatic heterocycles. The Hall–Kier alpha value is -2.81. The molecule has 3 rings (SSSR count). The number of nitrogens with zero attached hydrogens (tertiary/aromatic N) is 5. The number of aliphatic hydroxyl groups is 2. The maximum absolute atomic E-state index is 11.1. The summed E-state index contributed by atoms with van der Waals surface area (Å²) in [6.07, 6.45) is -1.27. The van der Waals surface area contributed by atoms with Crippen LogP contribution < -0.4 is 5.73 Å². The molecule has 0 saturated carbocycles. The molecule has 11 heteroatoms. The van der Waals surface area contributed by atoms with Crippen molar-refractivity contribution in [2.75, 3.05) is 12.3 Å². The molecule has 0 bridgehead atoms. The van der Waals surface area contributed by atoms with Gasteiger partial charge in [0, 0.05) is 13.8 Å². The highest BCUT2D eigenvalue weighted by Crippen LogP contribution is 2.33. The van der Waals surface area contributed by atoms with Gasteiger partial charge in [-0.3, -0.25) is 9.36 Å². The van der Waals surface area contributed by atoms with Gasteiger partial charge in [-0.15, -0.1) is 0 Å². The third-order valence-electron chi connectivity index (χ3n) is 3.45. The topological polar surface area (TPSA) is 169 Å². The zero-order chi connectivity index (χ0) is 18.6. The van der Waals surface area contributed by atoms with E-state index in [1.807, 2.05) is 0 Å². The lowest BCUT2D eigenvalue weighted by atomic mass is 10.1. The Morgan fingerprint density at radius 1 is 1.52 bits per heavy atom. The van der Waals surface area contributed by atoms with Crippen LogP contribution in [0.4, 0.5) is 5.82 Å². The molecule has 11 nitrogen and oxygen atoms in total. The number of imidazole rings is 1. The van der Waals surface area contributed by atoms with Gasteiger partial charge in [-0.2, -0.15) is 5.26 Å². The van der Waals surface area contributed by atoms with Gasteiger partial charge >= 0.3 is 5.97 Å². The summed E-state index contributed by atoms with van der Waals surface area (Å²) in [5.41, 5.74) is 6.45. The molecule has 3 heterocycles. The third-order valence-corrected chi connectivity index (χ3v) is 3.45. The molecule has 1 aliphatic rings. The van der Waals surface area contributed by atoms with Crippen LogP contribution in [-0.4, -0.2) is 60.6 Å². The average molecular weight is 350 g/mol. The standard InChI is InChI=1S/C12H15N5O5.C2H3N/c1-5(19)21-9-6(2-18)22-12(8(9)20)17-4-16-7-10(13)14-3-15-11(7)17;1-2-3/h3-4,6,8-9,12,18,20H,2H2,1H3,(H2,13,14,15);1H3/t6-,8-,9-,12-;/m1./s1. The fourth-order valence-corrected chi connectivity index (χ4v) is 2.49. The third kappa shape index (κ3) is 3.66. The van der Waals surface area contributed by atoms with Crippen molar-refractivity contribution >= 4 is 23.0 Å². The number of carbonyl (C=O) groups is 1. The first-order chi connectivity index (χ1) is 11.9. The average Bonchev–Trinajstić information content (AvgIpc) is 3.11. The number of ether oxygens (including phenoxy) is 2. The molecular weight excluding hydrogens is 332 g/mol. The maximum Gasteiger partial charge on any atom is 0.303 e. The Kier molecular flexibility index (Phi) is 5.81. The van der Waals surface area contributed by atoms with Gasteiger partial charge in [-0.1, -0.05) is 0 Å². The molecule has 2 aromatic heterocycles. The van der Waals surface area contributed by atoms with Crippen LogP contribution in [-0.2, 0) is 14.3 Å². The first kappa shape index (κ1) is 18.5. The highest BCUT2D eigenvalue weighted by molar-refractivity contribution is 5.81. The van der Waals surface area contributed by atoms with Gasteiger partial charge in [-0.05, 0) is 0 Å². The summed E-state index contributed by atoms with van der Waals surface area (Å²) in [6, 6.07) is 1.75. The number of hydrogen-bond acceptors (Lipinski definition) is 10. The number of rotatable bonds is 3. The van der Waals surface area contributed by atoms with Crippen LogP contribution in [0.2, 0.25) is 0 Å². The van der Waals surface area contributed by atoms with Gasteiger partial charge in [0.15, 0.2) is 23.8 Å². The number of fused-ring (bicyclic) bond motifs is 1. The van der Waals surface area contributed by atoms with Crippen LogP contribution in [0.15, 0.2) is 12.7 Å². The summed E-state index contributed by atoms with van der Waals surface area (Å²) in [5.74, 6) is -0.375. The van der Waals surface area contributed by atoms with E-state index in [1.54, 1.807) is 6.07 Å². The van der Waals surface area contributed by atoms with E-state index in [1.165, 1.54) is 31.1 Å². The van der Waals surface area contributed by atoms with E-state index in [2.05, 4.69) is 15.0 Å². The number of carbonyl (C=O) groups excluding carboxylic acids is 1. The zero-order valence-electron chi connectivity index (χ0n) is 13.6. The van der Waals surface area contributed by atoms with Crippen LogP contribution in [0.5, 0.6) is 0 Å². The van der Waals surface area contributed by atoms with Gasteiger partial charge in [0.25, 0.3) is 0 Å². The van der Waals surface area contributed by atoms with Crippen molar-refractivity contribution in [2.24, 2.45) is 0 Å². The van der Waals surface area contributed by atoms with E-state index in [4.69, 9.17) is 20.5 Å². The van der Waals surface area contributed by atoms with Gasteiger partial charge < -0.3 is 25.4 Å².